The molecule has 0 aromatic heterocycles. The average Bonchev–Trinajstić information content (AvgIpc) is 2.73. The van der Waals surface area contributed by atoms with Gasteiger partial charge in [-0.1, -0.05) is 12.1 Å². The maximum atomic E-state index is 13.0. The van der Waals surface area contributed by atoms with Crippen LogP contribution in [0, 0.1) is 0 Å². The van der Waals surface area contributed by atoms with Crippen LogP contribution >= 0.6 is 0 Å². The van der Waals surface area contributed by atoms with Gasteiger partial charge in [0.05, 0.1) is 27.4 Å². The molecule has 1 fully saturated rings. The van der Waals surface area contributed by atoms with Gasteiger partial charge < -0.3 is 19.1 Å². The lowest BCUT2D eigenvalue weighted by atomic mass is 10.0. The van der Waals surface area contributed by atoms with E-state index < -0.39 is 0 Å². The summed E-state index contributed by atoms with van der Waals surface area (Å²) >= 11 is 0. The van der Waals surface area contributed by atoms with Gasteiger partial charge in [-0.05, 0) is 42.9 Å². The Morgan fingerprint density at radius 3 is 2.44 bits per heavy atom. The minimum absolute atomic E-state index is 0.0208. The van der Waals surface area contributed by atoms with Crippen molar-refractivity contribution in [2.24, 2.45) is 0 Å². The molecule has 0 spiro atoms. The van der Waals surface area contributed by atoms with Crippen molar-refractivity contribution in [3.63, 3.8) is 0 Å². The molecule has 1 unspecified atom stereocenters. The minimum Gasteiger partial charge on any atom is -0.497 e. The lowest BCUT2D eigenvalue weighted by molar-refractivity contribution is 0.0545. The van der Waals surface area contributed by atoms with Gasteiger partial charge >= 0.3 is 0 Å². The highest BCUT2D eigenvalue weighted by atomic mass is 16.5. The zero-order valence-corrected chi connectivity index (χ0v) is 16.3. The number of hydrogen-bond acceptors (Lipinski definition) is 5. The zero-order chi connectivity index (χ0) is 19.4. The molecule has 1 aliphatic heterocycles. The predicted octanol–water partition coefficient (Wildman–Crippen LogP) is 2.84. The molecule has 0 N–H and O–H groups in total. The highest BCUT2D eigenvalue weighted by Gasteiger charge is 2.29. The fourth-order valence-corrected chi connectivity index (χ4v) is 3.42. The monoisotopic (exact) mass is 370 g/mol. The summed E-state index contributed by atoms with van der Waals surface area (Å²) < 4.78 is 16.0. The molecule has 6 heteroatoms. The molecule has 3 rings (SSSR count). The van der Waals surface area contributed by atoms with E-state index in [-0.39, 0.29) is 11.9 Å². The lowest BCUT2D eigenvalue weighted by Gasteiger charge is -2.40. The third kappa shape index (κ3) is 4.01. The Morgan fingerprint density at radius 1 is 0.963 bits per heavy atom. The van der Waals surface area contributed by atoms with Crippen molar-refractivity contribution in [1.29, 1.82) is 0 Å². The number of amides is 1. The molecule has 1 atom stereocenters. The first-order valence-corrected chi connectivity index (χ1v) is 8.93. The van der Waals surface area contributed by atoms with Crippen LogP contribution in [-0.2, 0) is 0 Å². The van der Waals surface area contributed by atoms with Gasteiger partial charge in [0, 0.05) is 25.2 Å². The molecule has 0 aliphatic carbocycles. The van der Waals surface area contributed by atoms with E-state index in [1.165, 1.54) is 0 Å². The highest BCUT2D eigenvalue weighted by molar-refractivity contribution is 5.94. The number of hydrogen-bond donors (Lipinski definition) is 0. The fourth-order valence-electron chi connectivity index (χ4n) is 3.42. The molecular weight excluding hydrogens is 344 g/mol. The maximum Gasteiger partial charge on any atom is 0.254 e. The number of benzene rings is 2. The largest absolute Gasteiger partial charge is 0.497 e. The van der Waals surface area contributed by atoms with Crippen LogP contribution in [-0.4, -0.2) is 63.7 Å². The van der Waals surface area contributed by atoms with Crippen LogP contribution in [0.15, 0.2) is 42.5 Å². The molecule has 0 saturated carbocycles. The number of methoxy groups -OCH3 is 3. The summed E-state index contributed by atoms with van der Waals surface area (Å²) in [5.74, 6) is 2.10. The lowest BCUT2D eigenvalue weighted by Crippen LogP contribution is -2.49. The number of likely N-dealkylation sites (N-methyl/N-ethyl adjacent to an activating group) is 1. The van der Waals surface area contributed by atoms with E-state index in [1.54, 1.807) is 27.4 Å². The molecule has 27 heavy (non-hydrogen) atoms. The first-order chi connectivity index (χ1) is 13.1. The Balaban J connectivity index is 1.82. The topological polar surface area (TPSA) is 51.2 Å². The van der Waals surface area contributed by atoms with Crippen LogP contribution in [0.4, 0.5) is 0 Å². The van der Waals surface area contributed by atoms with Gasteiger partial charge in [0.2, 0.25) is 0 Å². The van der Waals surface area contributed by atoms with Crippen molar-refractivity contribution in [3.05, 3.63) is 53.6 Å². The summed E-state index contributed by atoms with van der Waals surface area (Å²) in [7, 11) is 6.94. The van der Waals surface area contributed by atoms with Gasteiger partial charge in [0.15, 0.2) is 11.5 Å². The predicted molar refractivity (Wildman–Crippen MR) is 104 cm³/mol. The second kappa shape index (κ2) is 8.31. The molecule has 0 bridgehead atoms. The molecule has 0 radical (unpaired) electrons. The van der Waals surface area contributed by atoms with Crippen LogP contribution in [0.1, 0.15) is 22.0 Å². The quantitative estimate of drug-likeness (QED) is 0.810. The van der Waals surface area contributed by atoms with E-state index in [9.17, 15) is 4.79 Å². The summed E-state index contributed by atoms with van der Waals surface area (Å²) in [6.45, 7) is 2.10. The van der Waals surface area contributed by atoms with Crippen LogP contribution in [0.3, 0.4) is 0 Å². The molecule has 1 amide bonds. The second-order valence-corrected chi connectivity index (χ2v) is 6.59. The van der Waals surface area contributed by atoms with Gasteiger partial charge in [-0.2, -0.15) is 0 Å². The summed E-state index contributed by atoms with van der Waals surface area (Å²) in [6.07, 6.45) is 0. The summed E-state index contributed by atoms with van der Waals surface area (Å²) in [5, 5.41) is 0. The summed E-state index contributed by atoms with van der Waals surface area (Å²) in [4.78, 5) is 17.1. The van der Waals surface area contributed by atoms with Crippen molar-refractivity contribution in [1.82, 2.24) is 9.80 Å². The second-order valence-electron chi connectivity index (χ2n) is 6.59. The van der Waals surface area contributed by atoms with Crippen molar-refractivity contribution >= 4 is 5.91 Å². The Morgan fingerprint density at radius 2 is 1.74 bits per heavy atom. The van der Waals surface area contributed by atoms with E-state index in [1.807, 2.05) is 41.3 Å². The van der Waals surface area contributed by atoms with E-state index in [0.717, 1.165) is 12.1 Å². The third-order valence-electron chi connectivity index (χ3n) is 5.04. The number of carbonyl (C=O) groups excluding carboxylic acids is 1. The molecule has 1 saturated heterocycles. The van der Waals surface area contributed by atoms with E-state index in [2.05, 4.69) is 11.9 Å². The van der Waals surface area contributed by atoms with Crippen molar-refractivity contribution in [2.45, 2.75) is 6.04 Å². The third-order valence-corrected chi connectivity index (χ3v) is 5.04. The molecule has 144 valence electrons. The smallest absolute Gasteiger partial charge is 0.254 e. The molecule has 2 aromatic rings. The molecular formula is C21H26N2O4. The standard InChI is InChI=1S/C21H26N2O4/c1-22-10-11-23(21(24)16-6-5-7-17(12-16)25-2)14-18(22)15-8-9-19(26-3)20(13-15)27-4/h5-9,12-13,18H,10-11,14H2,1-4H3. The van der Waals surface area contributed by atoms with Crippen molar-refractivity contribution in [3.8, 4) is 17.2 Å². The normalized spacial score (nSPS) is 17.5. The number of carbonyl (C=O) groups is 1. The Labute approximate surface area is 160 Å². The molecule has 1 aliphatic rings. The van der Waals surface area contributed by atoms with Gasteiger partial charge in [-0.15, -0.1) is 0 Å². The first-order valence-electron chi connectivity index (χ1n) is 8.93. The van der Waals surface area contributed by atoms with Gasteiger partial charge in [0.25, 0.3) is 5.91 Å². The zero-order valence-electron chi connectivity index (χ0n) is 16.3. The SMILES string of the molecule is COc1cccc(C(=O)N2CCN(C)C(c3ccc(OC)c(OC)c3)C2)c1. The van der Waals surface area contributed by atoms with Gasteiger partial charge in [-0.25, -0.2) is 0 Å². The first kappa shape index (κ1) is 19.0. The van der Waals surface area contributed by atoms with Gasteiger partial charge in [0.1, 0.15) is 5.75 Å². The Hall–Kier alpha value is -2.73. The Bertz CT molecular complexity index is 809. The number of ether oxygens (including phenoxy) is 3. The van der Waals surface area contributed by atoms with Crippen LogP contribution in [0.25, 0.3) is 0 Å². The van der Waals surface area contributed by atoms with Crippen molar-refractivity contribution in [2.75, 3.05) is 48.0 Å². The molecule has 2 aromatic carbocycles. The van der Waals surface area contributed by atoms with Gasteiger partial charge in [-0.3, -0.25) is 9.69 Å². The summed E-state index contributed by atoms with van der Waals surface area (Å²) in [5.41, 5.74) is 1.74. The number of rotatable bonds is 5. The highest BCUT2D eigenvalue weighted by Crippen LogP contribution is 2.33. The minimum atomic E-state index is 0.0208. The number of piperazine rings is 1. The van der Waals surface area contributed by atoms with Crippen LogP contribution in [0.2, 0.25) is 0 Å². The average molecular weight is 370 g/mol. The van der Waals surface area contributed by atoms with E-state index in [0.29, 0.717) is 35.9 Å². The van der Waals surface area contributed by atoms with Crippen LogP contribution < -0.4 is 14.2 Å². The maximum absolute atomic E-state index is 13.0. The Kier molecular flexibility index (Phi) is 5.86. The van der Waals surface area contributed by atoms with E-state index in [4.69, 9.17) is 14.2 Å². The number of nitrogens with zero attached hydrogens (tertiary/aromatic N) is 2. The fraction of sp³-hybridized carbons (Fsp3) is 0.381. The van der Waals surface area contributed by atoms with E-state index >= 15 is 0 Å². The molecule has 6 nitrogen and oxygen atoms in total. The van der Waals surface area contributed by atoms with Crippen molar-refractivity contribution < 1.29 is 19.0 Å². The summed E-state index contributed by atoms with van der Waals surface area (Å²) in [6, 6.07) is 13.3. The molecule has 1 heterocycles. The van der Waals surface area contributed by atoms with Crippen LogP contribution in [0.5, 0.6) is 17.2 Å².